The molecule has 0 aliphatic carbocycles. The molecule has 0 bridgehead atoms. The van der Waals surface area contributed by atoms with E-state index in [0.717, 1.165) is 0 Å². The van der Waals surface area contributed by atoms with E-state index in [4.69, 9.17) is 0 Å². The Labute approximate surface area is 156 Å². The van der Waals surface area contributed by atoms with E-state index in [-0.39, 0.29) is 0 Å². The lowest BCUT2D eigenvalue weighted by atomic mass is 10.0. The number of hydrogen-bond acceptors (Lipinski definition) is 1. The van der Waals surface area contributed by atoms with Crippen LogP contribution in [0.15, 0.2) is 109 Å². The summed E-state index contributed by atoms with van der Waals surface area (Å²) >= 11 is 0. The fraction of sp³-hybridized carbons (Fsp3) is 0. The first-order chi connectivity index (χ1) is 12.8. The number of hydrogen-bond donors (Lipinski definition) is 0. The molecule has 4 aromatic carbocycles. The van der Waals surface area contributed by atoms with Gasteiger partial charge in [-0.2, -0.15) is 0 Å². The zero-order valence-corrected chi connectivity index (χ0v) is 14.8. The van der Waals surface area contributed by atoms with Crippen LogP contribution >= 0.6 is 0 Å². The van der Waals surface area contributed by atoms with Crippen molar-refractivity contribution in [3.8, 4) is 22.3 Å². The van der Waals surface area contributed by atoms with Gasteiger partial charge in [-0.05, 0) is 46.5 Å². The third-order valence-corrected chi connectivity index (χ3v) is 4.68. The van der Waals surface area contributed by atoms with Crippen molar-refractivity contribution in [3.63, 3.8) is 0 Å². The average molecular weight is 333 g/mol. The van der Waals surface area contributed by atoms with Gasteiger partial charge in [0.25, 0.3) is 0 Å². The van der Waals surface area contributed by atoms with E-state index in [2.05, 4.69) is 122 Å². The molecule has 0 aliphatic heterocycles. The summed E-state index contributed by atoms with van der Waals surface area (Å²) < 4.78 is 0. The normalized spacial score (nSPS) is 10.5. The van der Waals surface area contributed by atoms with E-state index in [9.17, 15) is 0 Å². The second-order valence-corrected chi connectivity index (χ2v) is 6.39. The van der Waals surface area contributed by atoms with Crippen LogP contribution in [0.2, 0.25) is 0 Å². The summed E-state index contributed by atoms with van der Waals surface area (Å²) in [6, 6.07) is 38.4. The van der Waals surface area contributed by atoms with Gasteiger partial charge < -0.3 is 4.81 Å². The molecule has 0 radical (unpaired) electrons. The van der Waals surface area contributed by atoms with Gasteiger partial charge in [0.05, 0.1) is 0 Å². The Hall–Kier alpha value is -3.26. The molecule has 0 atom stereocenters. The first kappa shape index (κ1) is 16.2. The summed E-state index contributed by atoms with van der Waals surface area (Å²) in [6.07, 6.45) is 0. The summed E-state index contributed by atoms with van der Waals surface area (Å²) in [5.41, 5.74) is 7.29. The molecular weight excluding hydrogens is 313 g/mol. The third kappa shape index (κ3) is 3.40. The predicted octanol–water partition coefficient (Wildman–Crippen LogP) is 5.71. The maximum Gasteiger partial charge on any atom is 0.223 e. The van der Waals surface area contributed by atoms with Crippen LogP contribution in [0.1, 0.15) is 0 Å². The van der Waals surface area contributed by atoms with Crippen LogP contribution in [-0.4, -0.2) is 7.98 Å². The molecule has 1 nitrogen and oxygen atoms in total. The van der Waals surface area contributed by atoms with Crippen LogP contribution in [0.3, 0.4) is 0 Å². The number of anilines is 2. The van der Waals surface area contributed by atoms with E-state index in [1.165, 1.54) is 33.6 Å². The highest BCUT2D eigenvalue weighted by Crippen LogP contribution is 2.30. The SMILES string of the molecule is BN(c1cccc(-c2ccccc2)c1)c1cccc(-c2ccccc2)c1. The molecule has 0 heterocycles. The van der Waals surface area contributed by atoms with Crippen LogP contribution in [0.5, 0.6) is 0 Å². The lowest BCUT2D eigenvalue weighted by Crippen LogP contribution is -2.11. The van der Waals surface area contributed by atoms with E-state index in [1.54, 1.807) is 0 Å². The second-order valence-electron chi connectivity index (χ2n) is 6.39. The smallest absolute Gasteiger partial charge is 0.223 e. The average Bonchev–Trinajstić information content (AvgIpc) is 2.75. The quantitative estimate of drug-likeness (QED) is 0.433. The molecule has 0 fully saturated rings. The van der Waals surface area contributed by atoms with Crippen LogP contribution < -0.4 is 4.81 Å². The largest absolute Gasteiger partial charge is 0.394 e. The van der Waals surface area contributed by atoms with Gasteiger partial charge >= 0.3 is 0 Å². The van der Waals surface area contributed by atoms with Gasteiger partial charge in [0.2, 0.25) is 7.98 Å². The minimum absolute atomic E-state index is 1.18. The van der Waals surface area contributed by atoms with Crippen LogP contribution in [0, 0.1) is 0 Å². The van der Waals surface area contributed by atoms with E-state index in [0.29, 0.717) is 0 Å². The van der Waals surface area contributed by atoms with Gasteiger partial charge in [0.15, 0.2) is 0 Å². The van der Waals surface area contributed by atoms with Crippen molar-refractivity contribution in [1.29, 1.82) is 0 Å². The van der Waals surface area contributed by atoms with Crippen LogP contribution in [0.4, 0.5) is 11.4 Å². The monoisotopic (exact) mass is 333 g/mol. The van der Waals surface area contributed by atoms with Crippen molar-refractivity contribution in [3.05, 3.63) is 109 Å². The zero-order valence-electron chi connectivity index (χ0n) is 14.8. The highest BCUT2D eigenvalue weighted by Gasteiger charge is 2.07. The zero-order chi connectivity index (χ0) is 17.8. The minimum Gasteiger partial charge on any atom is -0.394 e. The van der Waals surface area contributed by atoms with Gasteiger partial charge in [0.1, 0.15) is 0 Å². The van der Waals surface area contributed by atoms with Gasteiger partial charge in [0, 0.05) is 11.4 Å². The van der Waals surface area contributed by atoms with E-state index in [1.807, 2.05) is 0 Å². The molecule has 2 heteroatoms. The molecular formula is C24H20BN. The molecule has 0 N–H and O–H groups in total. The van der Waals surface area contributed by atoms with Crippen molar-refractivity contribution in [1.82, 2.24) is 0 Å². The molecule has 124 valence electrons. The molecule has 0 saturated heterocycles. The Kier molecular flexibility index (Phi) is 4.57. The van der Waals surface area contributed by atoms with Crippen molar-refractivity contribution in [2.75, 3.05) is 4.81 Å². The van der Waals surface area contributed by atoms with Gasteiger partial charge in [-0.25, -0.2) is 0 Å². The molecule has 0 saturated carbocycles. The molecule has 0 aromatic heterocycles. The number of rotatable bonds is 4. The predicted molar refractivity (Wildman–Crippen MR) is 114 cm³/mol. The first-order valence-electron chi connectivity index (χ1n) is 8.86. The second kappa shape index (κ2) is 7.32. The lowest BCUT2D eigenvalue weighted by molar-refractivity contribution is 1.41. The highest BCUT2D eigenvalue weighted by molar-refractivity contribution is 6.22. The summed E-state index contributed by atoms with van der Waals surface area (Å²) in [5, 5.41) is 0. The van der Waals surface area contributed by atoms with E-state index < -0.39 is 0 Å². The minimum atomic E-state index is 1.18. The summed E-state index contributed by atoms with van der Waals surface area (Å²) in [6.45, 7) is 0. The fourth-order valence-electron chi connectivity index (χ4n) is 3.20. The first-order valence-corrected chi connectivity index (χ1v) is 8.86. The van der Waals surface area contributed by atoms with Crippen molar-refractivity contribution >= 4 is 19.4 Å². The highest BCUT2D eigenvalue weighted by atomic mass is 15.0. The molecule has 26 heavy (non-hydrogen) atoms. The van der Waals surface area contributed by atoms with Gasteiger partial charge in [-0.1, -0.05) is 84.9 Å². The Morgan fingerprint density at radius 2 is 0.808 bits per heavy atom. The van der Waals surface area contributed by atoms with Crippen molar-refractivity contribution < 1.29 is 0 Å². The Bertz CT molecular complexity index is 914. The molecule has 4 aromatic rings. The summed E-state index contributed by atoms with van der Waals surface area (Å²) in [4.78, 5) is 2.24. The molecule has 0 unspecified atom stereocenters. The Morgan fingerprint density at radius 1 is 0.423 bits per heavy atom. The van der Waals surface area contributed by atoms with Gasteiger partial charge in [-0.3, -0.25) is 0 Å². The molecule has 4 rings (SSSR count). The third-order valence-electron chi connectivity index (χ3n) is 4.68. The van der Waals surface area contributed by atoms with Gasteiger partial charge in [-0.15, -0.1) is 0 Å². The molecule has 0 spiro atoms. The Morgan fingerprint density at radius 3 is 1.23 bits per heavy atom. The molecule has 0 amide bonds. The maximum atomic E-state index is 2.24. The van der Waals surface area contributed by atoms with Crippen LogP contribution in [-0.2, 0) is 0 Å². The summed E-state index contributed by atoms with van der Waals surface area (Å²) in [7, 11) is 2.12. The standard InChI is InChI=1S/C24H20BN/c25-26(23-15-7-13-21(17-23)19-9-3-1-4-10-19)24-16-8-14-22(18-24)20-11-5-2-6-12-20/h1-18H,25H2. The van der Waals surface area contributed by atoms with Crippen molar-refractivity contribution in [2.45, 2.75) is 0 Å². The van der Waals surface area contributed by atoms with Crippen molar-refractivity contribution in [2.24, 2.45) is 0 Å². The topological polar surface area (TPSA) is 3.24 Å². The lowest BCUT2D eigenvalue weighted by Gasteiger charge is -2.22. The summed E-state index contributed by atoms with van der Waals surface area (Å²) in [5.74, 6) is 0. The Balaban J connectivity index is 1.67. The number of benzene rings is 4. The fourth-order valence-corrected chi connectivity index (χ4v) is 3.20. The van der Waals surface area contributed by atoms with E-state index >= 15 is 0 Å². The maximum absolute atomic E-state index is 2.24. The van der Waals surface area contributed by atoms with Crippen LogP contribution in [0.25, 0.3) is 22.3 Å². The molecule has 0 aliphatic rings. The number of nitrogens with zero attached hydrogens (tertiary/aromatic N) is 1.